The minimum Gasteiger partial charge on any atom is -0.472 e. The maximum atomic E-state index is 12.1. The summed E-state index contributed by atoms with van der Waals surface area (Å²) in [5.41, 5.74) is 1.47. The molecule has 3 rings (SSSR count). The van der Waals surface area contributed by atoms with Crippen LogP contribution in [0, 0.1) is 18.8 Å². The highest BCUT2D eigenvalue weighted by Crippen LogP contribution is 2.28. The first-order chi connectivity index (χ1) is 11.5. The number of aryl methyl sites for hydroxylation is 1. The van der Waals surface area contributed by atoms with Gasteiger partial charge < -0.3 is 14.8 Å². The summed E-state index contributed by atoms with van der Waals surface area (Å²) in [6.07, 6.45) is 5.63. The second-order valence-electron chi connectivity index (χ2n) is 6.43. The monoisotopic (exact) mass is 323 g/mol. The molecule has 1 amide bonds. The van der Waals surface area contributed by atoms with E-state index in [1.165, 1.54) is 12.5 Å². The minimum absolute atomic E-state index is 0.0852. The number of amides is 1. The number of rotatable bonds is 2. The van der Waals surface area contributed by atoms with Crippen molar-refractivity contribution < 1.29 is 14.3 Å². The number of furan rings is 1. The van der Waals surface area contributed by atoms with Crippen molar-refractivity contribution in [3.8, 4) is 11.8 Å². The van der Waals surface area contributed by atoms with Crippen LogP contribution in [0.3, 0.4) is 0 Å². The maximum absolute atomic E-state index is 12.1. The standard InChI is InChI=1S/C20H21NO3/c1-15-4-2-5-16(12-15)7-10-20(23)9-3-6-18(13-20)21-19(22)17-8-11-24-14-17/h2,4-5,8,11-12,14,18,23H,3,6,9,13H2,1H3,(H,21,22)/t18-,20+/m1/s1. The molecular formula is C20H21NO3. The lowest BCUT2D eigenvalue weighted by Gasteiger charge is -2.33. The predicted octanol–water partition coefficient (Wildman–Crippen LogP) is 3.04. The minimum atomic E-state index is -1.06. The summed E-state index contributed by atoms with van der Waals surface area (Å²) < 4.78 is 4.93. The largest absolute Gasteiger partial charge is 0.472 e. The molecule has 24 heavy (non-hydrogen) atoms. The SMILES string of the molecule is Cc1cccc(C#C[C@@]2(O)CCC[C@@H](NC(=O)c3ccoc3)C2)c1. The molecule has 1 saturated carbocycles. The van der Waals surface area contributed by atoms with Crippen molar-refractivity contribution >= 4 is 5.91 Å². The number of nitrogens with one attached hydrogen (secondary N) is 1. The molecule has 0 saturated heterocycles. The van der Waals surface area contributed by atoms with Crippen LogP contribution in [0.2, 0.25) is 0 Å². The average molecular weight is 323 g/mol. The van der Waals surface area contributed by atoms with Crippen molar-refractivity contribution in [2.75, 3.05) is 0 Å². The quantitative estimate of drug-likeness (QED) is 0.835. The van der Waals surface area contributed by atoms with Crippen LogP contribution in [0.4, 0.5) is 0 Å². The van der Waals surface area contributed by atoms with Crippen LogP contribution >= 0.6 is 0 Å². The molecule has 2 atom stereocenters. The number of aliphatic hydroxyl groups is 1. The molecule has 1 aliphatic carbocycles. The van der Waals surface area contributed by atoms with Gasteiger partial charge in [0.05, 0.1) is 11.8 Å². The van der Waals surface area contributed by atoms with Gasteiger partial charge in [0.2, 0.25) is 0 Å². The summed E-state index contributed by atoms with van der Waals surface area (Å²) in [5, 5.41) is 13.7. The Kier molecular flexibility index (Phi) is 4.73. The lowest BCUT2D eigenvalue weighted by atomic mass is 9.82. The maximum Gasteiger partial charge on any atom is 0.254 e. The third-order valence-electron chi connectivity index (χ3n) is 4.30. The molecule has 0 radical (unpaired) electrons. The lowest BCUT2D eigenvalue weighted by Crippen LogP contribution is -2.45. The first-order valence-electron chi connectivity index (χ1n) is 8.19. The van der Waals surface area contributed by atoms with E-state index in [2.05, 4.69) is 17.2 Å². The van der Waals surface area contributed by atoms with E-state index in [0.29, 0.717) is 18.4 Å². The highest BCUT2D eigenvalue weighted by atomic mass is 16.3. The highest BCUT2D eigenvalue weighted by Gasteiger charge is 2.33. The number of hydrogen-bond donors (Lipinski definition) is 2. The Hall–Kier alpha value is -2.51. The number of carbonyl (C=O) groups excluding carboxylic acids is 1. The summed E-state index contributed by atoms with van der Waals surface area (Å²) in [5.74, 6) is 5.91. The third-order valence-corrected chi connectivity index (χ3v) is 4.30. The molecule has 2 N–H and O–H groups in total. The fourth-order valence-corrected chi connectivity index (χ4v) is 3.06. The molecule has 0 unspecified atom stereocenters. The Morgan fingerprint density at radius 3 is 3.04 bits per heavy atom. The van der Waals surface area contributed by atoms with Crippen molar-refractivity contribution in [1.82, 2.24) is 5.32 Å². The third kappa shape index (κ3) is 4.06. The Morgan fingerprint density at radius 2 is 2.29 bits per heavy atom. The van der Waals surface area contributed by atoms with Gasteiger partial charge in [0, 0.05) is 18.0 Å². The predicted molar refractivity (Wildman–Crippen MR) is 91.4 cm³/mol. The van der Waals surface area contributed by atoms with Crippen LogP contribution in [0.15, 0.2) is 47.3 Å². The number of benzene rings is 1. The molecule has 0 spiro atoms. The Morgan fingerprint density at radius 1 is 1.42 bits per heavy atom. The van der Waals surface area contributed by atoms with E-state index in [0.717, 1.165) is 24.0 Å². The van der Waals surface area contributed by atoms with Gasteiger partial charge >= 0.3 is 0 Å². The number of hydrogen-bond acceptors (Lipinski definition) is 3. The van der Waals surface area contributed by atoms with Gasteiger partial charge in [0.1, 0.15) is 11.9 Å². The first kappa shape index (κ1) is 16.4. The second kappa shape index (κ2) is 6.94. The van der Waals surface area contributed by atoms with Gasteiger partial charge in [0.15, 0.2) is 0 Å². The molecule has 4 nitrogen and oxygen atoms in total. The number of carbonyl (C=O) groups is 1. The topological polar surface area (TPSA) is 62.5 Å². The zero-order valence-corrected chi connectivity index (χ0v) is 13.7. The van der Waals surface area contributed by atoms with Gasteiger partial charge in [-0.1, -0.05) is 24.0 Å². The van der Waals surface area contributed by atoms with Gasteiger partial charge in [-0.15, -0.1) is 0 Å². The fraction of sp³-hybridized carbons (Fsp3) is 0.350. The van der Waals surface area contributed by atoms with Gasteiger partial charge in [-0.05, 0) is 49.9 Å². The molecule has 2 aromatic rings. The molecule has 1 heterocycles. The van der Waals surface area contributed by atoms with Gasteiger partial charge in [0.25, 0.3) is 5.91 Å². The van der Waals surface area contributed by atoms with Crippen LogP contribution in [-0.2, 0) is 0 Å². The van der Waals surface area contributed by atoms with E-state index in [-0.39, 0.29) is 11.9 Å². The van der Waals surface area contributed by atoms with E-state index >= 15 is 0 Å². The first-order valence-corrected chi connectivity index (χ1v) is 8.19. The normalized spacial score (nSPS) is 23.2. The second-order valence-corrected chi connectivity index (χ2v) is 6.43. The highest BCUT2D eigenvalue weighted by molar-refractivity contribution is 5.93. The summed E-state index contributed by atoms with van der Waals surface area (Å²) in [6.45, 7) is 2.02. The molecule has 1 fully saturated rings. The van der Waals surface area contributed by atoms with Crippen molar-refractivity contribution in [2.45, 2.75) is 44.2 Å². The molecule has 1 aromatic heterocycles. The van der Waals surface area contributed by atoms with E-state index in [9.17, 15) is 9.90 Å². The van der Waals surface area contributed by atoms with Crippen molar-refractivity contribution in [2.24, 2.45) is 0 Å². The van der Waals surface area contributed by atoms with Crippen LogP contribution < -0.4 is 5.32 Å². The molecular weight excluding hydrogens is 302 g/mol. The zero-order valence-electron chi connectivity index (χ0n) is 13.7. The van der Waals surface area contributed by atoms with Crippen LogP contribution in [-0.4, -0.2) is 22.7 Å². The Bertz CT molecular complexity index is 770. The Balaban J connectivity index is 1.67. The average Bonchev–Trinajstić information content (AvgIpc) is 3.08. The summed E-state index contributed by atoms with van der Waals surface area (Å²) >= 11 is 0. The molecule has 0 aliphatic heterocycles. The summed E-state index contributed by atoms with van der Waals surface area (Å²) in [7, 11) is 0. The van der Waals surface area contributed by atoms with Gasteiger partial charge in [-0.25, -0.2) is 0 Å². The van der Waals surface area contributed by atoms with Crippen LogP contribution in [0.25, 0.3) is 0 Å². The summed E-state index contributed by atoms with van der Waals surface area (Å²) in [4.78, 5) is 12.1. The van der Waals surface area contributed by atoms with Crippen molar-refractivity contribution in [3.63, 3.8) is 0 Å². The fourth-order valence-electron chi connectivity index (χ4n) is 3.06. The summed E-state index contributed by atoms with van der Waals surface area (Å²) in [6, 6.07) is 9.45. The molecule has 124 valence electrons. The van der Waals surface area contributed by atoms with Gasteiger partial charge in [-0.3, -0.25) is 4.79 Å². The van der Waals surface area contributed by atoms with Crippen molar-refractivity contribution in [3.05, 3.63) is 59.5 Å². The Labute approximate surface area is 141 Å². The van der Waals surface area contributed by atoms with Crippen LogP contribution in [0.1, 0.15) is 47.2 Å². The molecule has 1 aromatic carbocycles. The lowest BCUT2D eigenvalue weighted by molar-refractivity contribution is 0.0452. The molecule has 0 bridgehead atoms. The van der Waals surface area contributed by atoms with Gasteiger partial charge in [-0.2, -0.15) is 0 Å². The van der Waals surface area contributed by atoms with E-state index in [1.54, 1.807) is 6.07 Å². The van der Waals surface area contributed by atoms with E-state index in [4.69, 9.17) is 4.42 Å². The smallest absolute Gasteiger partial charge is 0.254 e. The molecule has 4 heteroatoms. The van der Waals surface area contributed by atoms with Crippen molar-refractivity contribution in [1.29, 1.82) is 0 Å². The molecule has 1 aliphatic rings. The van der Waals surface area contributed by atoms with Crippen LogP contribution in [0.5, 0.6) is 0 Å². The van der Waals surface area contributed by atoms with E-state index in [1.807, 2.05) is 31.2 Å². The zero-order chi connectivity index (χ0) is 17.0. The van der Waals surface area contributed by atoms with E-state index < -0.39 is 5.60 Å².